The van der Waals surface area contributed by atoms with E-state index >= 15 is 0 Å². The first-order valence-corrected chi connectivity index (χ1v) is 8.23. The van der Waals surface area contributed by atoms with Crippen LogP contribution in [0.5, 0.6) is 0 Å². The lowest BCUT2D eigenvalue weighted by Gasteiger charge is -2.44. The molecule has 1 heterocycles. The highest BCUT2D eigenvalue weighted by atomic mass is 19.1. The van der Waals surface area contributed by atoms with E-state index in [1.165, 1.54) is 12.5 Å². The highest BCUT2D eigenvalue weighted by Crippen LogP contribution is 2.22. The number of hydrogen-bond acceptors (Lipinski definition) is 2. The molecule has 3 heteroatoms. The van der Waals surface area contributed by atoms with Gasteiger partial charge in [0, 0.05) is 31.7 Å². The third-order valence-corrected chi connectivity index (χ3v) is 4.87. The van der Waals surface area contributed by atoms with Crippen LogP contribution in [0.1, 0.15) is 39.7 Å². The molecule has 1 aliphatic heterocycles. The Morgan fingerprint density at radius 1 is 1.33 bits per heavy atom. The summed E-state index contributed by atoms with van der Waals surface area (Å²) in [6.45, 7) is 12.0. The quantitative estimate of drug-likeness (QED) is 0.891. The third kappa shape index (κ3) is 4.27. The van der Waals surface area contributed by atoms with E-state index in [0.29, 0.717) is 23.9 Å². The normalized spacial score (nSPS) is 25.2. The predicted molar refractivity (Wildman–Crippen MR) is 86.7 cm³/mol. The Kier molecular flexibility index (Phi) is 5.77. The van der Waals surface area contributed by atoms with Crippen molar-refractivity contribution < 1.29 is 4.39 Å². The lowest BCUT2D eigenvalue weighted by molar-refractivity contribution is 0.0722. The van der Waals surface area contributed by atoms with Gasteiger partial charge >= 0.3 is 0 Å². The summed E-state index contributed by atoms with van der Waals surface area (Å²) < 4.78 is 13.4. The zero-order valence-electron chi connectivity index (χ0n) is 13.8. The molecule has 3 unspecified atom stereocenters. The fraction of sp³-hybridized carbons (Fsp3) is 0.667. The lowest BCUT2D eigenvalue weighted by Crippen LogP contribution is -2.59. The minimum Gasteiger partial charge on any atom is -0.311 e. The van der Waals surface area contributed by atoms with Crippen LogP contribution in [-0.2, 0) is 6.54 Å². The fourth-order valence-corrected chi connectivity index (χ4v) is 3.19. The van der Waals surface area contributed by atoms with Crippen LogP contribution < -0.4 is 5.32 Å². The summed E-state index contributed by atoms with van der Waals surface area (Å²) in [7, 11) is 0. The molecule has 0 spiro atoms. The number of nitrogens with one attached hydrogen (secondary N) is 1. The highest BCUT2D eigenvalue weighted by Gasteiger charge is 2.31. The van der Waals surface area contributed by atoms with E-state index in [0.717, 1.165) is 25.2 Å². The molecule has 1 aliphatic rings. The van der Waals surface area contributed by atoms with Crippen LogP contribution in [0.15, 0.2) is 24.3 Å². The van der Waals surface area contributed by atoms with Crippen molar-refractivity contribution in [2.24, 2.45) is 11.8 Å². The van der Waals surface area contributed by atoms with E-state index in [-0.39, 0.29) is 5.82 Å². The third-order valence-electron chi connectivity index (χ3n) is 4.87. The zero-order chi connectivity index (χ0) is 15.4. The van der Waals surface area contributed by atoms with Gasteiger partial charge in [0.1, 0.15) is 5.82 Å². The predicted octanol–water partition coefficient (Wildman–Crippen LogP) is 3.67. The van der Waals surface area contributed by atoms with Gasteiger partial charge < -0.3 is 5.32 Å². The average Bonchev–Trinajstić information content (AvgIpc) is 2.46. The first-order valence-electron chi connectivity index (χ1n) is 8.23. The number of hydrogen-bond donors (Lipinski definition) is 1. The second-order valence-corrected chi connectivity index (χ2v) is 6.77. The summed E-state index contributed by atoms with van der Waals surface area (Å²) in [5.74, 6) is 1.14. The van der Waals surface area contributed by atoms with Crippen LogP contribution in [0.3, 0.4) is 0 Å². The fourth-order valence-electron chi connectivity index (χ4n) is 3.19. The van der Waals surface area contributed by atoms with E-state index in [1.807, 2.05) is 12.1 Å². The Bertz CT molecular complexity index is 447. The monoisotopic (exact) mass is 292 g/mol. The maximum absolute atomic E-state index is 13.4. The first-order chi connectivity index (χ1) is 10.0. The molecule has 0 radical (unpaired) electrons. The van der Waals surface area contributed by atoms with E-state index in [9.17, 15) is 4.39 Å². The molecule has 0 aromatic heterocycles. The van der Waals surface area contributed by atoms with Crippen molar-refractivity contribution in [3.8, 4) is 0 Å². The van der Waals surface area contributed by atoms with Gasteiger partial charge in [-0.1, -0.05) is 46.2 Å². The Labute approximate surface area is 128 Å². The Morgan fingerprint density at radius 2 is 2.10 bits per heavy atom. The standard InChI is InChI=1S/C18H29FN2/c1-5-14(4)18-10-20-17(13(2)3)12-21(18)11-15-7-6-8-16(19)9-15/h6-9,13-14,17-18,20H,5,10-12H2,1-4H3. The molecule has 1 aromatic carbocycles. The number of nitrogens with zero attached hydrogens (tertiary/aromatic N) is 1. The minimum atomic E-state index is -0.136. The second-order valence-electron chi connectivity index (χ2n) is 6.77. The van der Waals surface area contributed by atoms with E-state index in [4.69, 9.17) is 0 Å². The van der Waals surface area contributed by atoms with Crippen molar-refractivity contribution in [2.45, 2.75) is 52.7 Å². The molecule has 1 aromatic rings. The van der Waals surface area contributed by atoms with E-state index in [2.05, 4.69) is 37.9 Å². The minimum absolute atomic E-state index is 0.136. The molecule has 0 aliphatic carbocycles. The van der Waals surface area contributed by atoms with Crippen molar-refractivity contribution in [2.75, 3.05) is 13.1 Å². The molecule has 21 heavy (non-hydrogen) atoms. The number of halogens is 1. The van der Waals surface area contributed by atoms with Crippen LogP contribution in [0, 0.1) is 17.7 Å². The molecule has 0 amide bonds. The Morgan fingerprint density at radius 3 is 2.71 bits per heavy atom. The largest absolute Gasteiger partial charge is 0.311 e. The molecule has 1 fully saturated rings. The summed E-state index contributed by atoms with van der Waals surface area (Å²) in [6.07, 6.45) is 1.18. The SMILES string of the molecule is CCC(C)C1CNC(C(C)C)CN1Cc1cccc(F)c1. The lowest BCUT2D eigenvalue weighted by atomic mass is 9.91. The molecule has 0 saturated carbocycles. The van der Waals surface area contributed by atoms with Gasteiger partial charge in [0.25, 0.3) is 0 Å². The second kappa shape index (κ2) is 7.37. The summed E-state index contributed by atoms with van der Waals surface area (Å²) in [4.78, 5) is 2.55. The average molecular weight is 292 g/mol. The summed E-state index contributed by atoms with van der Waals surface area (Å²) >= 11 is 0. The first kappa shape index (κ1) is 16.4. The van der Waals surface area contributed by atoms with Crippen LogP contribution >= 0.6 is 0 Å². The molecular weight excluding hydrogens is 263 g/mol. The van der Waals surface area contributed by atoms with Gasteiger partial charge in [-0.15, -0.1) is 0 Å². The zero-order valence-corrected chi connectivity index (χ0v) is 13.8. The summed E-state index contributed by atoms with van der Waals surface area (Å²) in [5.41, 5.74) is 1.08. The maximum atomic E-state index is 13.4. The molecule has 1 saturated heterocycles. The van der Waals surface area contributed by atoms with E-state index in [1.54, 1.807) is 6.07 Å². The van der Waals surface area contributed by atoms with Gasteiger partial charge in [0.05, 0.1) is 0 Å². The van der Waals surface area contributed by atoms with Gasteiger partial charge in [0.15, 0.2) is 0 Å². The van der Waals surface area contributed by atoms with Gasteiger partial charge in [-0.05, 0) is 29.5 Å². The van der Waals surface area contributed by atoms with Gasteiger partial charge in [-0.3, -0.25) is 4.90 Å². The smallest absolute Gasteiger partial charge is 0.123 e. The Hall–Kier alpha value is -0.930. The van der Waals surface area contributed by atoms with Crippen molar-refractivity contribution in [1.29, 1.82) is 0 Å². The van der Waals surface area contributed by atoms with Crippen molar-refractivity contribution in [3.63, 3.8) is 0 Å². The van der Waals surface area contributed by atoms with Crippen LogP contribution in [0.25, 0.3) is 0 Å². The molecule has 2 nitrogen and oxygen atoms in total. The highest BCUT2D eigenvalue weighted by molar-refractivity contribution is 5.16. The molecule has 0 bridgehead atoms. The molecular formula is C18H29FN2. The molecule has 3 atom stereocenters. The number of rotatable bonds is 5. The van der Waals surface area contributed by atoms with Gasteiger partial charge in [-0.2, -0.15) is 0 Å². The number of piperazine rings is 1. The number of benzene rings is 1. The van der Waals surface area contributed by atoms with Crippen LogP contribution in [0.2, 0.25) is 0 Å². The molecule has 2 rings (SSSR count). The molecule has 1 N–H and O–H groups in total. The summed E-state index contributed by atoms with van der Waals surface area (Å²) in [6, 6.07) is 8.09. The van der Waals surface area contributed by atoms with Gasteiger partial charge in [-0.25, -0.2) is 4.39 Å². The topological polar surface area (TPSA) is 15.3 Å². The summed E-state index contributed by atoms with van der Waals surface area (Å²) in [5, 5.41) is 3.70. The van der Waals surface area contributed by atoms with Crippen molar-refractivity contribution >= 4 is 0 Å². The Balaban J connectivity index is 2.12. The van der Waals surface area contributed by atoms with Gasteiger partial charge in [0.2, 0.25) is 0 Å². The van der Waals surface area contributed by atoms with Crippen LogP contribution in [0.4, 0.5) is 4.39 Å². The maximum Gasteiger partial charge on any atom is 0.123 e. The molecule has 118 valence electrons. The van der Waals surface area contributed by atoms with Crippen LogP contribution in [-0.4, -0.2) is 30.1 Å². The van der Waals surface area contributed by atoms with Crippen molar-refractivity contribution in [1.82, 2.24) is 10.2 Å². The van der Waals surface area contributed by atoms with E-state index < -0.39 is 0 Å². The van der Waals surface area contributed by atoms with Crippen molar-refractivity contribution in [3.05, 3.63) is 35.6 Å².